The zero-order chi connectivity index (χ0) is 9.35. The predicted molar refractivity (Wildman–Crippen MR) is 52.5 cm³/mol. The Bertz CT molecular complexity index is 277. The maximum absolute atomic E-state index is 9.63. The summed E-state index contributed by atoms with van der Waals surface area (Å²) in [5.41, 5.74) is 4.63. The first-order chi connectivity index (χ1) is 5.45. The molecule has 0 aliphatic heterocycles. The smallest absolute Gasteiger partial charge is 0.0932 e. The van der Waals surface area contributed by atoms with Gasteiger partial charge >= 0.3 is 0 Å². The van der Waals surface area contributed by atoms with E-state index in [9.17, 15) is 5.11 Å². The van der Waals surface area contributed by atoms with Crippen molar-refractivity contribution in [2.45, 2.75) is 26.0 Å². The van der Waals surface area contributed by atoms with Gasteiger partial charge in [-0.2, -0.15) is 0 Å². The molecule has 1 aromatic heterocycles. The molecule has 0 fully saturated rings. The Balaban J connectivity index is 3.05. The van der Waals surface area contributed by atoms with Crippen LogP contribution in [0.1, 0.15) is 23.6 Å². The molecule has 0 atom stereocenters. The molecule has 0 saturated carbocycles. The number of hydrogen-bond donors (Lipinski definition) is 2. The van der Waals surface area contributed by atoms with Crippen molar-refractivity contribution >= 4 is 22.9 Å². The average Bonchev–Trinajstić information content (AvgIpc) is 2.29. The van der Waals surface area contributed by atoms with Crippen molar-refractivity contribution in [3.63, 3.8) is 0 Å². The summed E-state index contributed by atoms with van der Waals surface area (Å²) in [6.07, 6.45) is 0. The Kier molecular flexibility index (Phi) is 2.78. The van der Waals surface area contributed by atoms with Gasteiger partial charge in [-0.3, -0.25) is 0 Å². The highest BCUT2D eigenvalue weighted by molar-refractivity contribution is 7.12. The van der Waals surface area contributed by atoms with Gasteiger partial charge in [0.25, 0.3) is 0 Å². The Hall–Kier alpha value is -0.0900. The molecular formula is C8H12ClNOS. The van der Waals surface area contributed by atoms with Crippen molar-refractivity contribution < 1.29 is 5.11 Å². The number of aliphatic hydroxyl groups is 1. The summed E-state index contributed by atoms with van der Waals surface area (Å²) in [6, 6.07) is 1.77. The quantitative estimate of drug-likeness (QED) is 0.777. The van der Waals surface area contributed by atoms with Gasteiger partial charge in [-0.15, -0.1) is 11.3 Å². The van der Waals surface area contributed by atoms with Crippen LogP contribution in [0.3, 0.4) is 0 Å². The summed E-state index contributed by atoms with van der Waals surface area (Å²) in [7, 11) is 0. The van der Waals surface area contributed by atoms with Crippen LogP contribution in [-0.4, -0.2) is 5.11 Å². The first kappa shape index (κ1) is 9.99. The topological polar surface area (TPSA) is 46.2 Å². The second-order valence-corrected chi connectivity index (χ2v) is 4.69. The third-order valence-corrected chi connectivity index (χ3v) is 3.47. The highest BCUT2D eigenvalue weighted by Crippen LogP contribution is 2.33. The number of halogens is 1. The molecule has 4 heteroatoms. The van der Waals surface area contributed by atoms with Crippen LogP contribution in [-0.2, 0) is 12.1 Å². The van der Waals surface area contributed by atoms with Crippen LogP contribution in [0.5, 0.6) is 0 Å². The monoisotopic (exact) mass is 205 g/mol. The standard InChI is InChI=1S/C8H12ClNOS/c1-8(2,11)7-3-5(9)6(4-10)12-7/h3,11H,4,10H2,1-2H3. The number of hydrogen-bond acceptors (Lipinski definition) is 3. The Morgan fingerprint density at radius 1 is 1.67 bits per heavy atom. The van der Waals surface area contributed by atoms with E-state index in [1.165, 1.54) is 11.3 Å². The summed E-state index contributed by atoms with van der Waals surface area (Å²) >= 11 is 7.33. The molecule has 0 saturated heterocycles. The SMILES string of the molecule is CC(C)(O)c1cc(Cl)c(CN)s1. The zero-order valence-electron chi connectivity index (χ0n) is 7.10. The summed E-state index contributed by atoms with van der Waals surface area (Å²) in [6.45, 7) is 3.89. The fourth-order valence-electron chi connectivity index (χ4n) is 0.847. The molecule has 1 heterocycles. The normalized spacial score (nSPS) is 12.1. The third kappa shape index (κ3) is 1.98. The van der Waals surface area contributed by atoms with Crippen LogP contribution in [0.4, 0.5) is 0 Å². The molecule has 0 unspecified atom stereocenters. The molecule has 68 valence electrons. The molecule has 0 aliphatic rings. The zero-order valence-corrected chi connectivity index (χ0v) is 8.67. The van der Waals surface area contributed by atoms with Crippen LogP contribution in [0, 0.1) is 0 Å². The lowest BCUT2D eigenvalue weighted by atomic mass is 10.1. The van der Waals surface area contributed by atoms with Gasteiger partial charge in [0.15, 0.2) is 0 Å². The second-order valence-electron chi connectivity index (χ2n) is 3.14. The predicted octanol–water partition coefficient (Wildman–Crippen LogP) is 2.09. The highest BCUT2D eigenvalue weighted by Gasteiger charge is 2.20. The molecule has 0 aliphatic carbocycles. The Morgan fingerprint density at radius 3 is 2.50 bits per heavy atom. The van der Waals surface area contributed by atoms with Crippen LogP contribution in [0.25, 0.3) is 0 Å². The number of thiophene rings is 1. The lowest BCUT2D eigenvalue weighted by Crippen LogP contribution is -2.12. The molecular weight excluding hydrogens is 194 g/mol. The van der Waals surface area contributed by atoms with E-state index in [0.717, 1.165) is 9.75 Å². The van der Waals surface area contributed by atoms with E-state index < -0.39 is 5.60 Å². The van der Waals surface area contributed by atoms with Gasteiger partial charge in [-0.05, 0) is 19.9 Å². The van der Waals surface area contributed by atoms with E-state index in [2.05, 4.69) is 0 Å². The van der Waals surface area contributed by atoms with Crippen molar-refractivity contribution in [3.8, 4) is 0 Å². The molecule has 0 bridgehead atoms. The maximum Gasteiger partial charge on any atom is 0.0932 e. The van der Waals surface area contributed by atoms with Gasteiger partial charge in [0.1, 0.15) is 0 Å². The maximum atomic E-state index is 9.63. The van der Waals surface area contributed by atoms with Gasteiger partial charge in [-0.25, -0.2) is 0 Å². The van der Waals surface area contributed by atoms with Crippen molar-refractivity contribution in [2.24, 2.45) is 5.73 Å². The minimum atomic E-state index is -0.818. The first-order valence-electron chi connectivity index (χ1n) is 3.66. The highest BCUT2D eigenvalue weighted by atomic mass is 35.5. The molecule has 12 heavy (non-hydrogen) atoms. The number of nitrogens with two attached hydrogens (primary N) is 1. The van der Waals surface area contributed by atoms with E-state index in [0.29, 0.717) is 11.6 Å². The van der Waals surface area contributed by atoms with Crippen molar-refractivity contribution in [1.82, 2.24) is 0 Å². The molecule has 1 aromatic rings. The van der Waals surface area contributed by atoms with Gasteiger partial charge in [-0.1, -0.05) is 11.6 Å². The fraction of sp³-hybridized carbons (Fsp3) is 0.500. The van der Waals surface area contributed by atoms with Crippen LogP contribution >= 0.6 is 22.9 Å². The molecule has 0 aromatic carbocycles. The van der Waals surface area contributed by atoms with E-state index >= 15 is 0 Å². The van der Waals surface area contributed by atoms with Crippen molar-refractivity contribution in [3.05, 3.63) is 20.8 Å². The largest absolute Gasteiger partial charge is 0.385 e. The summed E-state index contributed by atoms with van der Waals surface area (Å²) in [5.74, 6) is 0. The molecule has 2 nitrogen and oxygen atoms in total. The van der Waals surface area contributed by atoms with Gasteiger partial charge in [0.05, 0.1) is 10.6 Å². The van der Waals surface area contributed by atoms with Gasteiger partial charge in [0.2, 0.25) is 0 Å². The van der Waals surface area contributed by atoms with Crippen LogP contribution < -0.4 is 5.73 Å². The van der Waals surface area contributed by atoms with Crippen LogP contribution in [0.2, 0.25) is 5.02 Å². The van der Waals surface area contributed by atoms with Crippen molar-refractivity contribution in [1.29, 1.82) is 0 Å². The average molecular weight is 206 g/mol. The summed E-state index contributed by atoms with van der Waals surface area (Å²) < 4.78 is 0. The Morgan fingerprint density at radius 2 is 2.25 bits per heavy atom. The lowest BCUT2D eigenvalue weighted by molar-refractivity contribution is 0.0825. The van der Waals surface area contributed by atoms with Gasteiger partial charge in [0, 0.05) is 16.3 Å². The van der Waals surface area contributed by atoms with Crippen molar-refractivity contribution in [2.75, 3.05) is 0 Å². The van der Waals surface area contributed by atoms with E-state index in [1.54, 1.807) is 19.9 Å². The first-order valence-corrected chi connectivity index (χ1v) is 4.85. The fourth-order valence-corrected chi connectivity index (χ4v) is 2.15. The minimum Gasteiger partial charge on any atom is -0.385 e. The minimum absolute atomic E-state index is 0.430. The molecule has 3 N–H and O–H groups in total. The third-order valence-electron chi connectivity index (χ3n) is 1.55. The molecule has 0 amide bonds. The van der Waals surface area contributed by atoms with E-state index in [4.69, 9.17) is 17.3 Å². The molecule has 0 radical (unpaired) electrons. The van der Waals surface area contributed by atoms with Gasteiger partial charge < -0.3 is 10.8 Å². The second kappa shape index (κ2) is 3.34. The Labute approximate surface area is 81.0 Å². The van der Waals surface area contributed by atoms with E-state index in [-0.39, 0.29) is 0 Å². The number of rotatable bonds is 2. The molecule has 1 rings (SSSR count). The summed E-state index contributed by atoms with van der Waals surface area (Å²) in [5, 5.41) is 10.3. The lowest BCUT2D eigenvalue weighted by Gasteiger charge is -2.13. The summed E-state index contributed by atoms with van der Waals surface area (Å²) in [4.78, 5) is 1.78. The molecule has 0 spiro atoms. The van der Waals surface area contributed by atoms with E-state index in [1.807, 2.05) is 0 Å². The van der Waals surface area contributed by atoms with Crippen LogP contribution in [0.15, 0.2) is 6.07 Å².